The highest BCUT2D eigenvalue weighted by molar-refractivity contribution is 5.76. The number of aromatic nitrogens is 1. The van der Waals surface area contributed by atoms with Crippen LogP contribution in [0.2, 0.25) is 0 Å². The number of benzene rings is 1. The van der Waals surface area contributed by atoms with Crippen molar-refractivity contribution in [3.05, 3.63) is 59.9 Å². The van der Waals surface area contributed by atoms with Crippen molar-refractivity contribution in [3.8, 4) is 0 Å². The van der Waals surface area contributed by atoms with E-state index in [2.05, 4.69) is 54.1 Å². The van der Waals surface area contributed by atoms with Gasteiger partial charge in [-0.25, -0.2) is 0 Å². The molecule has 0 radical (unpaired) electrons. The zero-order valence-corrected chi connectivity index (χ0v) is 18.3. The van der Waals surface area contributed by atoms with Crippen LogP contribution >= 0.6 is 0 Å². The predicted molar refractivity (Wildman–Crippen MR) is 120 cm³/mol. The first kappa shape index (κ1) is 23.2. The van der Waals surface area contributed by atoms with Gasteiger partial charge in [0.25, 0.3) is 0 Å². The molecule has 0 atom stereocenters. The molecule has 0 aliphatic heterocycles. The number of carbonyl (C=O) groups is 1. The molecular formula is C25H38N2O2. The number of rotatable bonds is 15. The number of amides is 1. The lowest BCUT2D eigenvalue weighted by molar-refractivity contribution is -0.132. The Balaban J connectivity index is 1.86. The van der Waals surface area contributed by atoms with Gasteiger partial charge in [-0.2, -0.15) is 0 Å². The van der Waals surface area contributed by atoms with Crippen LogP contribution in [-0.2, 0) is 22.6 Å². The topological polar surface area (TPSA) is 34.5 Å². The molecule has 2 rings (SSSR count). The second-order valence-corrected chi connectivity index (χ2v) is 7.79. The standard InChI is InChI=1S/C25H38N2O2/c1-3-4-5-6-7-8-12-17-25(28)27(19-20-29-2)22-24-16-13-18-26(24)21-23-14-10-9-11-15-23/h9-11,13-16,18H,3-8,12,17,19-22H2,1-2H3. The van der Waals surface area contributed by atoms with E-state index < -0.39 is 0 Å². The highest BCUT2D eigenvalue weighted by atomic mass is 16.5. The van der Waals surface area contributed by atoms with Crippen LogP contribution in [0.4, 0.5) is 0 Å². The summed E-state index contributed by atoms with van der Waals surface area (Å²) in [5.41, 5.74) is 2.43. The van der Waals surface area contributed by atoms with Gasteiger partial charge >= 0.3 is 0 Å². The first-order valence-electron chi connectivity index (χ1n) is 11.2. The SMILES string of the molecule is CCCCCCCCCC(=O)N(CCOC)Cc1cccn1Cc1ccccc1. The third-order valence-corrected chi connectivity index (χ3v) is 5.38. The van der Waals surface area contributed by atoms with E-state index in [1.165, 1.54) is 37.7 Å². The van der Waals surface area contributed by atoms with Gasteiger partial charge in [0, 0.05) is 38.5 Å². The molecule has 0 spiro atoms. The largest absolute Gasteiger partial charge is 0.383 e. The van der Waals surface area contributed by atoms with E-state index in [4.69, 9.17) is 4.74 Å². The van der Waals surface area contributed by atoms with Gasteiger partial charge in [0.2, 0.25) is 5.91 Å². The molecule has 1 aromatic heterocycles. The monoisotopic (exact) mass is 398 g/mol. The van der Waals surface area contributed by atoms with Crippen molar-refractivity contribution in [2.24, 2.45) is 0 Å². The lowest BCUT2D eigenvalue weighted by Crippen LogP contribution is -2.34. The minimum Gasteiger partial charge on any atom is -0.383 e. The number of ether oxygens (including phenoxy) is 1. The van der Waals surface area contributed by atoms with Crippen LogP contribution in [0.5, 0.6) is 0 Å². The van der Waals surface area contributed by atoms with Crippen LogP contribution in [0, 0.1) is 0 Å². The highest BCUT2D eigenvalue weighted by Crippen LogP contribution is 2.14. The zero-order chi connectivity index (χ0) is 20.7. The number of carbonyl (C=O) groups excluding carboxylic acids is 1. The van der Waals surface area contributed by atoms with Crippen molar-refractivity contribution in [1.82, 2.24) is 9.47 Å². The summed E-state index contributed by atoms with van der Waals surface area (Å²) in [7, 11) is 1.69. The Bertz CT molecular complexity index is 681. The van der Waals surface area contributed by atoms with Gasteiger partial charge in [0.15, 0.2) is 0 Å². The molecule has 29 heavy (non-hydrogen) atoms. The lowest BCUT2D eigenvalue weighted by atomic mass is 10.1. The Morgan fingerprint density at radius 3 is 2.41 bits per heavy atom. The van der Waals surface area contributed by atoms with Crippen molar-refractivity contribution in [2.75, 3.05) is 20.3 Å². The second-order valence-electron chi connectivity index (χ2n) is 7.79. The van der Waals surface area contributed by atoms with Gasteiger partial charge in [-0.15, -0.1) is 0 Å². The molecule has 0 N–H and O–H groups in total. The maximum absolute atomic E-state index is 12.8. The fourth-order valence-corrected chi connectivity index (χ4v) is 3.61. The molecule has 0 saturated carbocycles. The molecule has 0 aliphatic carbocycles. The summed E-state index contributed by atoms with van der Waals surface area (Å²) in [6.07, 6.45) is 11.3. The molecule has 2 aromatic rings. The van der Waals surface area contributed by atoms with Gasteiger partial charge in [0.1, 0.15) is 0 Å². The smallest absolute Gasteiger partial charge is 0.222 e. The minimum absolute atomic E-state index is 0.239. The van der Waals surface area contributed by atoms with Crippen LogP contribution in [0.25, 0.3) is 0 Å². The normalized spacial score (nSPS) is 11.0. The maximum Gasteiger partial charge on any atom is 0.222 e. The quantitative estimate of drug-likeness (QED) is 0.363. The molecular weight excluding hydrogens is 360 g/mol. The average Bonchev–Trinajstić information content (AvgIpc) is 3.17. The van der Waals surface area contributed by atoms with E-state index in [1.807, 2.05) is 11.0 Å². The van der Waals surface area contributed by atoms with E-state index >= 15 is 0 Å². The van der Waals surface area contributed by atoms with Gasteiger partial charge in [-0.1, -0.05) is 75.8 Å². The maximum atomic E-state index is 12.8. The minimum atomic E-state index is 0.239. The molecule has 1 aromatic carbocycles. The molecule has 0 bridgehead atoms. The number of nitrogens with zero attached hydrogens (tertiary/aromatic N) is 2. The molecule has 0 unspecified atom stereocenters. The summed E-state index contributed by atoms with van der Waals surface area (Å²) in [6, 6.07) is 14.6. The van der Waals surface area contributed by atoms with E-state index in [0.717, 1.165) is 25.1 Å². The first-order valence-corrected chi connectivity index (χ1v) is 11.2. The second kappa shape index (κ2) is 14.0. The van der Waals surface area contributed by atoms with Crippen LogP contribution in [0.1, 0.15) is 69.5 Å². The van der Waals surface area contributed by atoms with Gasteiger partial charge in [-0.05, 0) is 24.1 Å². The van der Waals surface area contributed by atoms with Crippen molar-refractivity contribution in [3.63, 3.8) is 0 Å². The van der Waals surface area contributed by atoms with Gasteiger partial charge in [0.05, 0.1) is 13.2 Å². The molecule has 4 nitrogen and oxygen atoms in total. The number of hydrogen-bond acceptors (Lipinski definition) is 2. The molecule has 0 aliphatic rings. The fourth-order valence-electron chi connectivity index (χ4n) is 3.61. The number of hydrogen-bond donors (Lipinski definition) is 0. The molecule has 1 heterocycles. The summed E-state index contributed by atoms with van der Waals surface area (Å²) < 4.78 is 7.48. The molecule has 1 amide bonds. The molecule has 4 heteroatoms. The van der Waals surface area contributed by atoms with Crippen LogP contribution in [0.15, 0.2) is 48.7 Å². The zero-order valence-electron chi connectivity index (χ0n) is 18.3. The predicted octanol–water partition coefficient (Wildman–Crippen LogP) is 5.65. The Hall–Kier alpha value is -2.07. The molecule has 160 valence electrons. The number of methoxy groups -OCH3 is 1. The summed E-state index contributed by atoms with van der Waals surface area (Å²) in [5.74, 6) is 0.239. The van der Waals surface area contributed by atoms with E-state index in [9.17, 15) is 4.79 Å². The Kier molecular flexibility index (Phi) is 11.2. The highest BCUT2D eigenvalue weighted by Gasteiger charge is 2.15. The van der Waals surface area contributed by atoms with Crippen LogP contribution in [-0.4, -0.2) is 35.6 Å². The summed E-state index contributed by atoms with van der Waals surface area (Å²) >= 11 is 0. The van der Waals surface area contributed by atoms with Crippen molar-refractivity contribution >= 4 is 5.91 Å². The molecule has 0 saturated heterocycles. The van der Waals surface area contributed by atoms with Crippen molar-refractivity contribution < 1.29 is 9.53 Å². The van der Waals surface area contributed by atoms with Gasteiger partial charge in [-0.3, -0.25) is 4.79 Å². The van der Waals surface area contributed by atoms with Gasteiger partial charge < -0.3 is 14.2 Å². The van der Waals surface area contributed by atoms with Crippen molar-refractivity contribution in [2.45, 2.75) is 71.4 Å². The third-order valence-electron chi connectivity index (χ3n) is 5.38. The first-order chi connectivity index (χ1) is 14.2. The van der Waals surface area contributed by atoms with Crippen molar-refractivity contribution in [1.29, 1.82) is 0 Å². The summed E-state index contributed by atoms with van der Waals surface area (Å²) in [5, 5.41) is 0. The fraction of sp³-hybridized carbons (Fsp3) is 0.560. The van der Waals surface area contributed by atoms with Crippen LogP contribution < -0.4 is 0 Å². The Morgan fingerprint density at radius 2 is 1.69 bits per heavy atom. The van der Waals surface area contributed by atoms with E-state index in [-0.39, 0.29) is 5.91 Å². The summed E-state index contributed by atoms with van der Waals surface area (Å²) in [6.45, 7) is 4.92. The number of unbranched alkanes of at least 4 members (excludes halogenated alkanes) is 6. The van der Waals surface area contributed by atoms with E-state index in [1.54, 1.807) is 7.11 Å². The molecule has 0 fully saturated rings. The van der Waals surface area contributed by atoms with Crippen LogP contribution in [0.3, 0.4) is 0 Å². The third kappa shape index (κ3) is 8.86. The average molecular weight is 399 g/mol. The summed E-state index contributed by atoms with van der Waals surface area (Å²) in [4.78, 5) is 14.8. The Morgan fingerprint density at radius 1 is 0.966 bits per heavy atom. The van der Waals surface area contributed by atoms with E-state index in [0.29, 0.717) is 26.1 Å². The Labute approximate surface area is 176 Å². The lowest BCUT2D eigenvalue weighted by Gasteiger charge is -2.23.